The Hall–Kier alpha value is -2.80. The zero-order valence-electron chi connectivity index (χ0n) is 14.6. The van der Waals surface area contributed by atoms with Crippen LogP contribution in [0.5, 0.6) is 0 Å². The van der Waals surface area contributed by atoms with Crippen LogP contribution in [-0.4, -0.2) is 28.7 Å². The molecule has 26 heavy (non-hydrogen) atoms. The normalized spacial score (nSPS) is 11.9. The van der Waals surface area contributed by atoms with Gasteiger partial charge in [-0.2, -0.15) is 0 Å². The maximum Gasteiger partial charge on any atom is 0.236 e. The average molecular weight is 362 g/mol. The first-order valence-corrected chi connectivity index (χ1v) is 9.62. The Morgan fingerprint density at radius 3 is 2.46 bits per heavy atom. The summed E-state index contributed by atoms with van der Waals surface area (Å²) in [6, 6.07) is 16.6. The van der Waals surface area contributed by atoms with Gasteiger partial charge in [-0.15, -0.1) is 10.2 Å². The highest BCUT2D eigenvalue weighted by Crippen LogP contribution is 2.28. The van der Waals surface area contributed by atoms with Gasteiger partial charge in [0.25, 0.3) is 0 Å². The quantitative estimate of drug-likeness (QED) is 0.455. The van der Waals surface area contributed by atoms with E-state index in [1.54, 1.807) is 11.8 Å². The van der Waals surface area contributed by atoms with Gasteiger partial charge in [0.1, 0.15) is 5.82 Å². The molecule has 0 saturated carbocycles. The standard InChI is InChI=1S/C19H18N6S/c1-3-24-14-9-5-4-8-13(14)20-17(24)12-26-19-22-21-18-23(2)15-10-6-7-11-16(15)25(18)19/h4-11H,3,12H2,1-2H3. The lowest BCUT2D eigenvalue weighted by Gasteiger charge is -2.05. The smallest absolute Gasteiger partial charge is 0.236 e. The third-order valence-electron chi connectivity index (χ3n) is 4.78. The summed E-state index contributed by atoms with van der Waals surface area (Å²) in [6.07, 6.45) is 0. The Bertz CT molecular complexity index is 1250. The number of aromatic nitrogens is 6. The number of hydrogen-bond acceptors (Lipinski definition) is 4. The predicted molar refractivity (Wildman–Crippen MR) is 104 cm³/mol. The Balaban J connectivity index is 1.56. The number of nitrogens with zero attached hydrogens (tertiary/aromatic N) is 6. The highest BCUT2D eigenvalue weighted by molar-refractivity contribution is 7.98. The molecule has 0 bridgehead atoms. The molecule has 3 heterocycles. The van der Waals surface area contributed by atoms with Gasteiger partial charge in [-0.1, -0.05) is 36.0 Å². The molecule has 0 amide bonds. The van der Waals surface area contributed by atoms with Crippen LogP contribution < -0.4 is 0 Å². The van der Waals surface area contributed by atoms with Gasteiger partial charge in [0.15, 0.2) is 5.16 Å². The number of imidazole rings is 2. The van der Waals surface area contributed by atoms with Crippen molar-refractivity contribution in [3.05, 3.63) is 54.4 Å². The van der Waals surface area contributed by atoms with Crippen molar-refractivity contribution in [1.82, 2.24) is 28.7 Å². The lowest BCUT2D eigenvalue weighted by molar-refractivity contribution is 0.747. The molecule has 0 aliphatic heterocycles. The third-order valence-corrected chi connectivity index (χ3v) is 5.71. The molecule has 2 aromatic carbocycles. The Morgan fingerprint density at radius 1 is 0.923 bits per heavy atom. The molecule has 5 aromatic rings. The number of rotatable bonds is 4. The van der Waals surface area contributed by atoms with Crippen molar-refractivity contribution in [2.24, 2.45) is 7.05 Å². The fourth-order valence-electron chi connectivity index (χ4n) is 3.55. The molecule has 130 valence electrons. The second kappa shape index (κ2) is 5.88. The van der Waals surface area contributed by atoms with E-state index < -0.39 is 0 Å². The van der Waals surface area contributed by atoms with Crippen molar-refractivity contribution < 1.29 is 0 Å². The highest BCUT2D eigenvalue weighted by Gasteiger charge is 2.16. The summed E-state index contributed by atoms with van der Waals surface area (Å²) in [5.74, 6) is 2.68. The monoisotopic (exact) mass is 362 g/mol. The van der Waals surface area contributed by atoms with E-state index in [1.807, 2.05) is 25.2 Å². The van der Waals surface area contributed by atoms with Crippen LogP contribution in [0.1, 0.15) is 12.7 Å². The molecule has 0 unspecified atom stereocenters. The van der Waals surface area contributed by atoms with E-state index in [9.17, 15) is 0 Å². The summed E-state index contributed by atoms with van der Waals surface area (Å²) < 4.78 is 6.47. The molecule has 0 radical (unpaired) electrons. The van der Waals surface area contributed by atoms with Gasteiger partial charge in [-0.3, -0.25) is 4.40 Å². The van der Waals surface area contributed by atoms with Crippen LogP contribution >= 0.6 is 11.8 Å². The number of hydrogen-bond donors (Lipinski definition) is 0. The summed E-state index contributed by atoms with van der Waals surface area (Å²) >= 11 is 1.68. The fraction of sp³-hybridized carbons (Fsp3) is 0.211. The SMILES string of the molecule is CCn1c(CSc2nnc3n(C)c4ccccc4n23)nc2ccccc21. The van der Waals surface area contributed by atoms with E-state index in [-0.39, 0.29) is 0 Å². The van der Waals surface area contributed by atoms with E-state index in [2.05, 4.69) is 61.0 Å². The lowest BCUT2D eigenvalue weighted by Crippen LogP contribution is -2.00. The van der Waals surface area contributed by atoms with Gasteiger partial charge < -0.3 is 9.13 Å². The zero-order valence-corrected chi connectivity index (χ0v) is 15.4. The van der Waals surface area contributed by atoms with Gasteiger partial charge in [-0.25, -0.2) is 4.98 Å². The number of aryl methyl sites for hydroxylation is 2. The summed E-state index contributed by atoms with van der Waals surface area (Å²) in [5.41, 5.74) is 4.50. The molecule has 3 aromatic heterocycles. The van der Waals surface area contributed by atoms with Gasteiger partial charge in [0.2, 0.25) is 5.78 Å². The summed E-state index contributed by atoms with van der Waals surface area (Å²) in [6.45, 7) is 3.06. The molecule has 0 spiro atoms. The van der Waals surface area contributed by atoms with Crippen molar-refractivity contribution in [3.8, 4) is 0 Å². The number of thioether (sulfide) groups is 1. The molecule has 0 aliphatic rings. The topological polar surface area (TPSA) is 52.9 Å². The molecule has 7 heteroatoms. The second-order valence-electron chi connectivity index (χ2n) is 6.22. The van der Waals surface area contributed by atoms with Crippen molar-refractivity contribution in [2.75, 3.05) is 0 Å². The van der Waals surface area contributed by atoms with Crippen LogP contribution in [0, 0.1) is 0 Å². The molecule has 5 rings (SSSR count). The average Bonchev–Trinajstić information content (AvgIpc) is 3.33. The minimum absolute atomic E-state index is 0.756. The van der Waals surface area contributed by atoms with Crippen molar-refractivity contribution in [1.29, 1.82) is 0 Å². The largest absolute Gasteiger partial charge is 0.328 e. The van der Waals surface area contributed by atoms with Gasteiger partial charge in [0, 0.05) is 13.6 Å². The first-order chi connectivity index (χ1) is 12.8. The molecule has 0 fully saturated rings. The minimum atomic E-state index is 0.756. The van der Waals surface area contributed by atoms with E-state index in [0.29, 0.717) is 0 Å². The molecule has 0 aliphatic carbocycles. The molecule has 6 nitrogen and oxygen atoms in total. The molecule has 0 atom stereocenters. The van der Waals surface area contributed by atoms with Gasteiger partial charge in [0.05, 0.1) is 27.8 Å². The summed E-state index contributed by atoms with van der Waals surface area (Å²) in [7, 11) is 2.03. The maximum absolute atomic E-state index is 4.81. The Morgan fingerprint density at radius 2 is 1.65 bits per heavy atom. The molecular weight excluding hydrogens is 344 g/mol. The maximum atomic E-state index is 4.81. The van der Waals surface area contributed by atoms with Crippen LogP contribution in [0.3, 0.4) is 0 Å². The first kappa shape index (κ1) is 15.5. The third kappa shape index (κ3) is 2.17. The molecule has 0 N–H and O–H groups in total. The van der Waals surface area contributed by atoms with Crippen molar-refractivity contribution in [3.63, 3.8) is 0 Å². The van der Waals surface area contributed by atoms with Crippen LogP contribution in [0.15, 0.2) is 53.7 Å². The van der Waals surface area contributed by atoms with Crippen molar-refractivity contribution >= 4 is 39.6 Å². The Labute approximate surface area is 154 Å². The number of para-hydroxylation sites is 4. The van der Waals surface area contributed by atoms with Crippen molar-refractivity contribution in [2.45, 2.75) is 24.4 Å². The predicted octanol–water partition coefficient (Wildman–Crippen LogP) is 3.88. The van der Waals surface area contributed by atoms with Crippen LogP contribution in [-0.2, 0) is 19.3 Å². The summed E-state index contributed by atoms with van der Waals surface area (Å²) in [5, 5.41) is 9.68. The fourth-order valence-corrected chi connectivity index (χ4v) is 4.43. The van der Waals surface area contributed by atoms with Gasteiger partial charge in [-0.05, 0) is 31.2 Å². The highest BCUT2D eigenvalue weighted by atomic mass is 32.2. The summed E-state index contributed by atoms with van der Waals surface area (Å²) in [4.78, 5) is 4.81. The second-order valence-corrected chi connectivity index (χ2v) is 7.16. The van der Waals surface area contributed by atoms with E-state index in [0.717, 1.165) is 45.6 Å². The van der Waals surface area contributed by atoms with Crippen LogP contribution in [0.2, 0.25) is 0 Å². The van der Waals surface area contributed by atoms with E-state index in [4.69, 9.17) is 4.98 Å². The van der Waals surface area contributed by atoms with E-state index >= 15 is 0 Å². The van der Waals surface area contributed by atoms with Crippen LogP contribution in [0.4, 0.5) is 0 Å². The number of benzene rings is 2. The molecular formula is C19H18N6S. The first-order valence-electron chi connectivity index (χ1n) is 8.63. The molecule has 0 saturated heterocycles. The zero-order chi connectivity index (χ0) is 17.7. The minimum Gasteiger partial charge on any atom is -0.328 e. The van der Waals surface area contributed by atoms with Crippen LogP contribution in [0.25, 0.3) is 27.8 Å². The number of fused-ring (bicyclic) bond motifs is 4. The van der Waals surface area contributed by atoms with Gasteiger partial charge >= 0.3 is 0 Å². The van der Waals surface area contributed by atoms with E-state index in [1.165, 1.54) is 5.52 Å². The lowest BCUT2D eigenvalue weighted by atomic mass is 10.3. The Kier molecular flexibility index (Phi) is 3.49.